The third-order valence-electron chi connectivity index (χ3n) is 4.35. The summed E-state index contributed by atoms with van der Waals surface area (Å²) < 4.78 is 40.5. The highest BCUT2D eigenvalue weighted by Crippen LogP contribution is 2.30. The zero-order valence-corrected chi connectivity index (χ0v) is 13.1. The first-order valence-electron chi connectivity index (χ1n) is 7.47. The van der Waals surface area contributed by atoms with Crippen LogP contribution in [0.5, 0.6) is 0 Å². The van der Waals surface area contributed by atoms with Crippen LogP contribution in [0.1, 0.15) is 39.0 Å². The largest absolute Gasteiger partial charge is 0.399 e. The van der Waals surface area contributed by atoms with Crippen LogP contribution in [0.4, 0.5) is 10.1 Å². The van der Waals surface area contributed by atoms with E-state index in [1.54, 1.807) is 0 Å². The molecule has 1 aromatic rings. The van der Waals surface area contributed by atoms with Crippen molar-refractivity contribution in [1.29, 1.82) is 0 Å². The van der Waals surface area contributed by atoms with E-state index < -0.39 is 15.8 Å². The molecule has 0 radical (unpaired) electrons. The molecule has 1 fully saturated rings. The maximum absolute atomic E-state index is 13.7. The molecule has 0 amide bonds. The molecule has 0 heterocycles. The van der Waals surface area contributed by atoms with E-state index in [1.807, 2.05) is 0 Å². The minimum atomic E-state index is -3.84. The average molecular weight is 314 g/mol. The second-order valence-electron chi connectivity index (χ2n) is 5.84. The molecular formula is C15H23FN2O2S. The van der Waals surface area contributed by atoms with E-state index in [1.165, 1.54) is 12.5 Å². The molecule has 0 bridgehead atoms. The molecular weight excluding hydrogens is 291 g/mol. The van der Waals surface area contributed by atoms with E-state index in [4.69, 9.17) is 5.73 Å². The van der Waals surface area contributed by atoms with Crippen LogP contribution in [0, 0.1) is 17.7 Å². The Kier molecular flexibility index (Phi) is 5.22. The van der Waals surface area contributed by atoms with Crippen LogP contribution >= 0.6 is 0 Å². The van der Waals surface area contributed by atoms with E-state index in [0.717, 1.165) is 43.7 Å². The summed E-state index contributed by atoms with van der Waals surface area (Å²) in [5.74, 6) is 0.335. The normalized spacial score (nSPS) is 23.1. The van der Waals surface area contributed by atoms with E-state index in [-0.39, 0.29) is 10.6 Å². The van der Waals surface area contributed by atoms with Crippen molar-refractivity contribution in [2.24, 2.45) is 11.8 Å². The third-order valence-corrected chi connectivity index (χ3v) is 5.79. The van der Waals surface area contributed by atoms with Gasteiger partial charge in [0.05, 0.1) is 0 Å². The van der Waals surface area contributed by atoms with Crippen LogP contribution < -0.4 is 10.5 Å². The predicted octanol–water partition coefficient (Wildman–Crippen LogP) is 2.90. The van der Waals surface area contributed by atoms with Crippen molar-refractivity contribution in [3.63, 3.8) is 0 Å². The lowest BCUT2D eigenvalue weighted by atomic mass is 9.81. The van der Waals surface area contributed by atoms with Crippen molar-refractivity contribution in [1.82, 2.24) is 4.72 Å². The molecule has 0 spiro atoms. The average Bonchev–Trinajstić information content (AvgIpc) is 2.48. The molecule has 1 aliphatic carbocycles. The van der Waals surface area contributed by atoms with E-state index in [0.29, 0.717) is 12.5 Å². The first-order chi connectivity index (χ1) is 9.92. The molecule has 1 aliphatic rings. The van der Waals surface area contributed by atoms with Gasteiger partial charge in [0.1, 0.15) is 10.7 Å². The van der Waals surface area contributed by atoms with Crippen molar-refractivity contribution in [3.05, 3.63) is 24.0 Å². The maximum Gasteiger partial charge on any atom is 0.243 e. The molecule has 118 valence electrons. The van der Waals surface area contributed by atoms with Gasteiger partial charge >= 0.3 is 0 Å². The molecule has 0 saturated heterocycles. The highest BCUT2D eigenvalue weighted by atomic mass is 32.2. The number of nitrogens with two attached hydrogens (primary N) is 1. The molecule has 3 N–H and O–H groups in total. The van der Waals surface area contributed by atoms with E-state index in [9.17, 15) is 12.8 Å². The van der Waals surface area contributed by atoms with Gasteiger partial charge in [-0.2, -0.15) is 0 Å². The standard InChI is InChI=1S/C15H23FN2O2S/c1-2-11-3-5-12(6-4-11)10-18-21(19,20)15-9-13(17)7-8-14(15)16/h7-9,11-12,18H,2-6,10,17H2,1H3. The Morgan fingerprint density at radius 2 is 1.86 bits per heavy atom. The zero-order valence-electron chi connectivity index (χ0n) is 12.3. The SMILES string of the molecule is CCC1CCC(CNS(=O)(=O)c2cc(N)ccc2F)CC1. The first-order valence-corrected chi connectivity index (χ1v) is 8.95. The Labute approximate surface area is 126 Å². The van der Waals surface area contributed by atoms with Crippen molar-refractivity contribution in [2.75, 3.05) is 12.3 Å². The van der Waals surface area contributed by atoms with Crippen LogP contribution in [-0.2, 0) is 10.0 Å². The van der Waals surface area contributed by atoms with Gasteiger partial charge in [-0.15, -0.1) is 0 Å². The second kappa shape index (κ2) is 6.75. The number of anilines is 1. The molecule has 0 aliphatic heterocycles. The summed E-state index contributed by atoms with van der Waals surface area (Å²) in [4.78, 5) is -0.371. The fourth-order valence-electron chi connectivity index (χ4n) is 2.88. The minimum absolute atomic E-state index is 0.236. The smallest absolute Gasteiger partial charge is 0.243 e. The summed E-state index contributed by atoms with van der Waals surface area (Å²) in [6, 6.07) is 3.59. The Balaban J connectivity index is 1.97. The van der Waals surface area contributed by atoms with E-state index >= 15 is 0 Å². The molecule has 2 rings (SSSR count). The minimum Gasteiger partial charge on any atom is -0.399 e. The predicted molar refractivity (Wildman–Crippen MR) is 81.7 cm³/mol. The van der Waals surface area contributed by atoms with Gasteiger partial charge in [-0.1, -0.05) is 26.2 Å². The Morgan fingerprint density at radius 3 is 2.48 bits per heavy atom. The number of rotatable bonds is 5. The molecule has 0 aromatic heterocycles. The summed E-state index contributed by atoms with van der Waals surface area (Å²) in [6.07, 6.45) is 5.54. The van der Waals surface area contributed by atoms with Gasteiger partial charge in [0, 0.05) is 12.2 Å². The molecule has 6 heteroatoms. The zero-order chi connectivity index (χ0) is 15.5. The highest BCUT2D eigenvalue weighted by Gasteiger charge is 2.24. The van der Waals surface area contributed by atoms with Crippen LogP contribution in [0.3, 0.4) is 0 Å². The Hall–Kier alpha value is -1.14. The topological polar surface area (TPSA) is 72.2 Å². The van der Waals surface area contributed by atoms with Crippen molar-refractivity contribution >= 4 is 15.7 Å². The molecule has 1 saturated carbocycles. The maximum atomic E-state index is 13.7. The van der Waals surface area contributed by atoms with Crippen LogP contribution in [0.15, 0.2) is 23.1 Å². The van der Waals surface area contributed by atoms with E-state index in [2.05, 4.69) is 11.6 Å². The lowest BCUT2D eigenvalue weighted by molar-refractivity contribution is 0.270. The number of benzene rings is 1. The molecule has 1 aromatic carbocycles. The van der Waals surface area contributed by atoms with Crippen LogP contribution in [-0.4, -0.2) is 15.0 Å². The number of nitrogens with one attached hydrogen (secondary N) is 1. The molecule has 0 unspecified atom stereocenters. The number of hydrogen-bond donors (Lipinski definition) is 2. The monoisotopic (exact) mass is 314 g/mol. The molecule has 21 heavy (non-hydrogen) atoms. The molecule has 4 nitrogen and oxygen atoms in total. The lowest BCUT2D eigenvalue weighted by Gasteiger charge is -2.27. The number of hydrogen-bond acceptors (Lipinski definition) is 3. The van der Waals surface area contributed by atoms with Crippen LogP contribution in [0.25, 0.3) is 0 Å². The van der Waals surface area contributed by atoms with Crippen molar-refractivity contribution in [2.45, 2.75) is 43.9 Å². The van der Waals surface area contributed by atoms with Gasteiger partial charge in [-0.3, -0.25) is 0 Å². The number of halogens is 1. The highest BCUT2D eigenvalue weighted by molar-refractivity contribution is 7.89. The third kappa shape index (κ3) is 4.17. The first kappa shape index (κ1) is 16.2. The van der Waals surface area contributed by atoms with Gasteiger partial charge in [-0.05, 0) is 42.9 Å². The van der Waals surface area contributed by atoms with Crippen molar-refractivity contribution in [3.8, 4) is 0 Å². The van der Waals surface area contributed by atoms with Gasteiger partial charge in [0.15, 0.2) is 0 Å². The summed E-state index contributed by atoms with van der Waals surface area (Å²) in [5, 5.41) is 0. The summed E-state index contributed by atoms with van der Waals surface area (Å²) in [5.41, 5.74) is 5.77. The van der Waals surface area contributed by atoms with Crippen LogP contribution in [0.2, 0.25) is 0 Å². The Bertz CT molecular complexity index is 581. The van der Waals surface area contributed by atoms with Gasteiger partial charge < -0.3 is 5.73 Å². The summed E-state index contributed by atoms with van der Waals surface area (Å²) in [6.45, 7) is 2.56. The molecule has 0 atom stereocenters. The fourth-order valence-corrected chi connectivity index (χ4v) is 4.10. The van der Waals surface area contributed by atoms with Gasteiger partial charge in [0.2, 0.25) is 10.0 Å². The fraction of sp³-hybridized carbons (Fsp3) is 0.600. The summed E-state index contributed by atoms with van der Waals surface area (Å²) >= 11 is 0. The number of sulfonamides is 1. The lowest BCUT2D eigenvalue weighted by Crippen LogP contribution is -2.31. The van der Waals surface area contributed by atoms with Gasteiger partial charge in [-0.25, -0.2) is 17.5 Å². The van der Waals surface area contributed by atoms with Crippen molar-refractivity contribution < 1.29 is 12.8 Å². The quantitative estimate of drug-likeness (QED) is 0.821. The number of nitrogen functional groups attached to an aromatic ring is 1. The Morgan fingerprint density at radius 1 is 1.24 bits per heavy atom. The summed E-state index contributed by atoms with van der Waals surface area (Å²) in [7, 11) is -3.84. The second-order valence-corrected chi connectivity index (χ2v) is 7.57. The van der Waals surface area contributed by atoms with Gasteiger partial charge in [0.25, 0.3) is 0 Å².